The summed E-state index contributed by atoms with van der Waals surface area (Å²) in [6, 6.07) is 15.3. The van der Waals surface area contributed by atoms with Crippen molar-refractivity contribution in [1.29, 1.82) is 0 Å². The molecule has 0 aromatic heterocycles. The molecule has 0 bridgehead atoms. The molecule has 1 heterocycles. The molecule has 0 saturated heterocycles. The highest BCUT2D eigenvalue weighted by molar-refractivity contribution is 6.33. The zero-order valence-corrected chi connectivity index (χ0v) is 13.7. The molecule has 0 saturated carbocycles. The molecule has 0 radical (unpaired) electrons. The molecule has 2 aromatic rings. The molecule has 2 aromatic carbocycles. The van der Waals surface area contributed by atoms with E-state index in [2.05, 4.69) is 17.4 Å². The number of hydrogen-bond acceptors (Lipinski definition) is 2. The summed E-state index contributed by atoms with van der Waals surface area (Å²) in [4.78, 5) is 13.9. The van der Waals surface area contributed by atoms with Crippen LogP contribution in [0.2, 0.25) is 5.02 Å². The quantitative estimate of drug-likeness (QED) is 0.926. The number of hydrogen-bond donors (Lipinski definition) is 1. The van der Waals surface area contributed by atoms with Gasteiger partial charge in [0.2, 0.25) is 0 Å². The van der Waals surface area contributed by atoms with Gasteiger partial charge < -0.3 is 15.0 Å². The lowest BCUT2D eigenvalue weighted by atomic mass is 9.99. The van der Waals surface area contributed by atoms with Crippen molar-refractivity contribution in [3.05, 3.63) is 64.7 Å². The summed E-state index contributed by atoms with van der Waals surface area (Å²) in [5.74, 6) is 0. The molecule has 1 aliphatic heterocycles. The third kappa shape index (κ3) is 3.84. The minimum atomic E-state index is -0.194. The average Bonchev–Trinajstić information content (AvgIpc) is 2.56. The van der Waals surface area contributed by atoms with Crippen LogP contribution >= 0.6 is 11.6 Å². The van der Waals surface area contributed by atoms with Gasteiger partial charge in [0.05, 0.1) is 23.4 Å². The molecule has 4 nitrogen and oxygen atoms in total. The van der Waals surface area contributed by atoms with Crippen molar-refractivity contribution < 1.29 is 9.53 Å². The number of anilines is 1. The molecule has 3 rings (SSSR count). The molecule has 5 heteroatoms. The van der Waals surface area contributed by atoms with Crippen LogP contribution in [0.25, 0.3) is 0 Å². The molecule has 0 fully saturated rings. The number of benzene rings is 2. The number of nitrogens with one attached hydrogen (secondary N) is 1. The lowest BCUT2D eigenvalue weighted by Crippen LogP contribution is -2.40. The molecular weight excluding hydrogens is 312 g/mol. The minimum absolute atomic E-state index is 0.00638. The molecular formula is C18H19ClN2O2. The van der Waals surface area contributed by atoms with Crippen LogP contribution in [-0.4, -0.2) is 30.6 Å². The highest BCUT2D eigenvalue weighted by Crippen LogP contribution is 2.22. The summed E-state index contributed by atoms with van der Waals surface area (Å²) in [6.45, 7) is 1.13. The lowest BCUT2D eigenvalue weighted by molar-refractivity contribution is 0.0159. The van der Waals surface area contributed by atoms with Crippen LogP contribution in [0.3, 0.4) is 0 Å². The molecule has 0 aliphatic carbocycles. The van der Waals surface area contributed by atoms with E-state index in [9.17, 15) is 4.79 Å². The van der Waals surface area contributed by atoms with Gasteiger partial charge in [-0.15, -0.1) is 0 Å². The van der Waals surface area contributed by atoms with E-state index in [1.54, 1.807) is 24.1 Å². The Morgan fingerprint density at radius 2 is 1.91 bits per heavy atom. The topological polar surface area (TPSA) is 41.6 Å². The fraction of sp³-hybridized carbons (Fsp3) is 0.278. The zero-order valence-electron chi connectivity index (χ0n) is 13.0. The number of amides is 2. The van der Waals surface area contributed by atoms with Crippen LogP contribution in [0.4, 0.5) is 10.5 Å². The van der Waals surface area contributed by atoms with E-state index in [0.717, 1.165) is 6.42 Å². The SMILES string of the molecule is CN(CC1Cc2ccccc2CO1)C(=O)Nc1ccccc1Cl. The highest BCUT2D eigenvalue weighted by Gasteiger charge is 2.22. The lowest BCUT2D eigenvalue weighted by Gasteiger charge is -2.29. The number of carbonyl (C=O) groups is 1. The summed E-state index contributed by atoms with van der Waals surface area (Å²) in [5, 5.41) is 3.34. The zero-order chi connectivity index (χ0) is 16.2. The second kappa shape index (κ2) is 7.02. The van der Waals surface area contributed by atoms with Crippen LogP contribution in [0.5, 0.6) is 0 Å². The first-order valence-corrected chi connectivity index (χ1v) is 7.96. The normalized spacial score (nSPS) is 16.5. The third-order valence-electron chi connectivity index (χ3n) is 3.98. The standard InChI is InChI=1S/C18H19ClN2O2/c1-21(18(22)20-17-9-5-4-8-16(17)19)11-15-10-13-6-2-3-7-14(13)12-23-15/h2-9,15H,10-12H2,1H3,(H,20,22). The molecule has 1 atom stereocenters. The first kappa shape index (κ1) is 15.8. The maximum absolute atomic E-state index is 12.3. The predicted octanol–water partition coefficient (Wildman–Crippen LogP) is 3.95. The Kier molecular flexibility index (Phi) is 4.84. The number of nitrogens with zero attached hydrogens (tertiary/aromatic N) is 1. The number of ether oxygens (including phenoxy) is 1. The number of likely N-dealkylation sites (N-methyl/N-ethyl adjacent to an activating group) is 1. The van der Waals surface area contributed by atoms with Gasteiger partial charge in [-0.25, -0.2) is 4.79 Å². The van der Waals surface area contributed by atoms with Crippen LogP contribution < -0.4 is 5.32 Å². The van der Waals surface area contributed by atoms with Gasteiger partial charge in [0.1, 0.15) is 0 Å². The maximum Gasteiger partial charge on any atom is 0.321 e. The van der Waals surface area contributed by atoms with Crippen molar-refractivity contribution in [3.63, 3.8) is 0 Å². The molecule has 2 amide bonds. The minimum Gasteiger partial charge on any atom is -0.371 e. The molecule has 23 heavy (non-hydrogen) atoms. The third-order valence-corrected chi connectivity index (χ3v) is 4.31. The summed E-state index contributed by atoms with van der Waals surface area (Å²) in [5.41, 5.74) is 3.14. The fourth-order valence-electron chi connectivity index (χ4n) is 2.69. The van der Waals surface area contributed by atoms with E-state index in [1.807, 2.05) is 24.3 Å². The van der Waals surface area contributed by atoms with Crippen molar-refractivity contribution in [2.24, 2.45) is 0 Å². The first-order chi connectivity index (χ1) is 11.1. The van der Waals surface area contributed by atoms with Gasteiger partial charge in [0.25, 0.3) is 0 Å². The van der Waals surface area contributed by atoms with E-state index in [1.165, 1.54) is 11.1 Å². The van der Waals surface area contributed by atoms with E-state index in [4.69, 9.17) is 16.3 Å². The van der Waals surface area contributed by atoms with E-state index < -0.39 is 0 Å². The molecule has 1 aliphatic rings. The molecule has 120 valence electrons. The van der Waals surface area contributed by atoms with Crippen molar-refractivity contribution in [3.8, 4) is 0 Å². The Morgan fingerprint density at radius 3 is 2.70 bits per heavy atom. The summed E-state index contributed by atoms with van der Waals surface area (Å²) in [7, 11) is 1.76. The van der Waals surface area contributed by atoms with E-state index >= 15 is 0 Å². The smallest absolute Gasteiger partial charge is 0.321 e. The molecule has 1 N–H and O–H groups in total. The van der Waals surface area contributed by atoms with Gasteiger partial charge in [0, 0.05) is 20.0 Å². The van der Waals surface area contributed by atoms with Gasteiger partial charge in [-0.1, -0.05) is 48.0 Å². The van der Waals surface area contributed by atoms with Gasteiger partial charge in [-0.3, -0.25) is 0 Å². The molecule has 1 unspecified atom stereocenters. The average molecular weight is 331 g/mol. The summed E-state index contributed by atoms with van der Waals surface area (Å²) < 4.78 is 5.85. The monoisotopic (exact) mass is 330 g/mol. The van der Waals surface area contributed by atoms with Crippen molar-refractivity contribution in [2.75, 3.05) is 18.9 Å². The maximum atomic E-state index is 12.3. The predicted molar refractivity (Wildman–Crippen MR) is 91.8 cm³/mol. The van der Waals surface area contributed by atoms with Gasteiger partial charge in [-0.2, -0.15) is 0 Å². The van der Waals surface area contributed by atoms with Crippen LogP contribution in [0.1, 0.15) is 11.1 Å². The number of carbonyl (C=O) groups excluding carboxylic acids is 1. The second-order valence-electron chi connectivity index (χ2n) is 5.70. The van der Waals surface area contributed by atoms with Crippen LogP contribution in [-0.2, 0) is 17.8 Å². The van der Waals surface area contributed by atoms with Crippen molar-refractivity contribution >= 4 is 23.3 Å². The van der Waals surface area contributed by atoms with Crippen LogP contribution in [0.15, 0.2) is 48.5 Å². The number of halogens is 1. The Morgan fingerprint density at radius 1 is 1.22 bits per heavy atom. The second-order valence-corrected chi connectivity index (χ2v) is 6.10. The Labute approximate surface area is 141 Å². The Balaban J connectivity index is 1.58. The van der Waals surface area contributed by atoms with E-state index in [0.29, 0.717) is 23.9 Å². The number of para-hydroxylation sites is 1. The summed E-state index contributed by atoms with van der Waals surface area (Å²) >= 11 is 6.06. The number of urea groups is 1. The largest absolute Gasteiger partial charge is 0.371 e. The van der Waals surface area contributed by atoms with Gasteiger partial charge >= 0.3 is 6.03 Å². The fourth-order valence-corrected chi connectivity index (χ4v) is 2.87. The summed E-state index contributed by atoms with van der Waals surface area (Å²) in [6.07, 6.45) is 0.826. The van der Waals surface area contributed by atoms with Gasteiger partial charge in [0.15, 0.2) is 0 Å². The molecule has 0 spiro atoms. The Hall–Kier alpha value is -2.04. The Bertz CT molecular complexity index is 705. The number of rotatable bonds is 3. The van der Waals surface area contributed by atoms with Crippen molar-refractivity contribution in [2.45, 2.75) is 19.1 Å². The number of fused-ring (bicyclic) bond motifs is 1. The van der Waals surface area contributed by atoms with E-state index in [-0.39, 0.29) is 12.1 Å². The van der Waals surface area contributed by atoms with Gasteiger partial charge in [-0.05, 0) is 23.3 Å². The van der Waals surface area contributed by atoms with Crippen LogP contribution in [0, 0.1) is 0 Å². The first-order valence-electron chi connectivity index (χ1n) is 7.58. The highest BCUT2D eigenvalue weighted by atomic mass is 35.5. The van der Waals surface area contributed by atoms with Crippen molar-refractivity contribution in [1.82, 2.24) is 4.90 Å².